The Morgan fingerprint density at radius 2 is 2.35 bits per heavy atom. The van der Waals surface area contributed by atoms with Gasteiger partial charge in [-0.25, -0.2) is 9.69 Å². The maximum atomic E-state index is 12.2. The lowest BCUT2D eigenvalue weighted by atomic mass is 9.89. The van der Waals surface area contributed by atoms with Gasteiger partial charge in [0.15, 0.2) is 0 Å². The molecule has 0 aromatic carbocycles. The van der Waals surface area contributed by atoms with Crippen molar-refractivity contribution in [1.29, 1.82) is 0 Å². The fourth-order valence-electron chi connectivity index (χ4n) is 1.65. The maximum absolute atomic E-state index is 12.2. The highest BCUT2D eigenvalue weighted by molar-refractivity contribution is 5.97. The van der Waals surface area contributed by atoms with Crippen LogP contribution < -0.4 is 0 Å². The molecule has 5 nitrogen and oxygen atoms in total. The van der Waals surface area contributed by atoms with Gasteiger partial charge in [-0.2, -0.15) is 0 Å². The molecule has 0 aromatic heterocycles. The van der Waals surface area contributed by atoms with Crippen LogP contribution in [0.2, 0.25) is 0 Å². The molecule has 1 N–H and O–H groups in total. The van der Waals surface area contributed by atoms with Crippen molar-refractivity contribution in [3.05, 3.63) is 12.7 Å². The Hall–Kier alpha value is -1.36. The summed E-state index contributed by atoms with van der Waals surface area (Å²) in [4.78, 5) is 24.9. The molecule has 0 bridgehead atoms. The Morgan fingerprint density at radius 3 is 2.76 bits per heavy atom. The molecule has 2 atom stereocenters. The van der Waals surface area contributed by atoms with Crippen LogP contribution in [0.5, 0.6) is 0 Å². The summed E-state index contributed by atoms with van der Waals surface area (Å²) in [5, 5.41) is 9.26. The van der Waals surface area contributed by atoms with Crippen molar-refractivity contribution >= 4 is 12.0 Å². The highest BCUT2D eigenvalue weighted by Crippen LogP contribution is 2.27. The van der Waals surface area contributed by atoms with Crippen LogP contribution in [0.15, 0.2) is 12.7 Å². The number of aliphatic hydroxyl groups excluding tert-OH is 1. The molecule has 5 heteroatoms. The molecule has 1 saturated heterocycles. The summed E-state index contributed by atoms with van der Waals surface area (Å²) >= 11 is 0. The number of carbonyl (C=O) groups excluding carboxylic acids is 2. The molecule has 96 valence electrons. The second-order valence-corrected chi connectivity index (χ2v) is 4.84. The molecular weight excluding hydrogens is 222 g/mol. The topological polar surface area (TPSA) is 66.8 Å². The molecular formula is C12H19NO4. The lowest BCUT2D eigenvalue weighted by Gasteiger charge is -2.30. The Balaban J connectivity index is 3.00. The van der Waals surface area contributed by atoms with E-state index < -0.39 is 17.4 Å². The molecule has 0 saturated carbocycles. The average Bonchev–Trinajstić information content (AvgIpc) is 2.69. The maximum Gasteiger partial charge on any atom is 0.417 e. The number of hydrogen-bond acceptors (Lipinski definition) is 4. The summed E-state index contributed by atoms with van der Waals surface area (Å²) in [6, 6.07) is -0.277. The number of aliphatic hydroxyl groups is 1. The van der Waals surface area contributed by atoms with Crippen LogP contribution in [0.25, 0.3) is 0 Å². The Labute approximate surface area is 101 Å². The lowest BCUT2D eigenvalue weighted by Crippen LogP contribution is -2.49. The molecule has 0 aromatic rings. The number of cyclic esters (lactones) is 1. The van der Waals surface area contributed by atoms with Gasteiger partial charge in [-0.15, -0.1) is 6.58 Å². The minimum absolute atomic E-state index is 0.109. The first-order valence-corrected chi connectivity index (χ1v) is 5.62. The molecule has 0 aliphatic carbocycles. The Morgan fingerprint density at radius 1 is 1.76 bits per heavy atom. The van der Waals surface area contributed by atoms with E-state index in [0.717, 1.165) is 4.90 Å². The molecule has 0 radical (unpaired) electrons. The molecule has 1 aliphatic rings. The third-order valence-corrected chi connectivity index (χ3v) is 3.16. The fraction of sp³-hybridized carbons (Fsp3) is 0.667. The summed E-state index contributed by atoms with van der Waals surface area (Å²) in [5.41, 5.74) is -1.14. The van der Waals surface area contributed by atoms with Crippen LogP contribution in [-0.2, 0) is 9.53 Å². The Kier molecular flexibility index (Phi) is 3.93. The smallest absolute Gasteiger partial charge is 0.417 e. The van der Waals surface area contributed by atoms with Gasteiger partial charge in [0.05, 0.1) is 18.1 Å². The number of hydrogen-bond donors (Lipinski definition) is 1. The number of imide groups is 1. The second-order valence-electron chi connectivity index (χ2n) is 4.84. The van der Waals surface area contributed by atoms with Gasteiger partial charge >= 0.3 is 6.09 Å². The van der Waals surface area contributed by atoms with Crippen LogP contribution >= 0.6 is 0 Å². The minimum atomic E-state index is -1.14. The van der Waals surface area contributed by atoms with E-state index in [4.69, 9.17) is 4.74 Å². The predicted molar refractivity (Wildman–Crippen MR) is 62.2 cm³/mol. The van der Waals surface area contributed by atoms with Gasteiger partial charge < -0.3 is 9.84 Å². The van der Waals surface area contributed by atoms with Crippen LogP contribution in [0.3, 0.4) is 0 Å². The van der Waals surface area contributed by atoms with Gasteiger partial charge in [0.2, 0.25) is 5.91 Å². The average molecular weight is 241 g/mol. The quantitative estimate of drug-likeness (QED) is 0.750. The zero-order chi connectivity index (χ0) is 13.2. The summed E-state index contributed by atoms with van der Waals surface area (Å²) < 4.78 is 4.89. The van der Waals surface area contributed by atoms with Crippen LogP contribution in [-0.4, -0.2) is 41.3 Å². The molecule has 2 unspecified atom stereocenters. The van der Waals surface area contributed by atoms with Crippen LogP contribution in [0.4, 0.5) is 4.79 Å². The first-order valence-electron chi connectivity index (χ1n) is 5.62. The molecule has 17 heavy (non-hydrogen) atoms. The van der Waals surface area contributed by atoms with E-state index in [1.165, 1.54) is 6.08 Å². The molecule has 1 aliphatic heterocycles. The Bertz CT molecular complexity index is 339. The summed E-state index contributed by atoms with van der Waals surface area (Å²) in [7, 11) is 0. The largest absolute Gasteiger partial charge is 0.447 e. The van der Waals surface area contributed by atoms with E-state index in [9.17, 15) is 14.7 Å². The fourth-order valence-corrected chi connectivity index (χ4v) is 1.65. The zero-order valence-corrected chi connectivity index (χ0v) is 10.5. The van der Waals surface area contributed by atoms with E-state index in [0.29, 0.717) is 0 Å². The highest BCUT2D eigenvalue weighted by Gasteiger charge is 2.45. The number of carbonyl (C=O) groups is 2. The number of rotatable bonds is 4. The molecule has 2 amide bonds. The SMILES string of the molecule is C=CC(C)(CO)C(=O)N1C(=O)OCC1C(C)C. The van der Waals surface area contributed by atoms with E-state index in [1.807, 2.05) is 13.8 Å². The van der Waals surface area contributed by atoms with E-state index in [-0.39, 0.29) is 25.2 Å². The number of ether oxygens (including phenoxy) is 1. The van der Waals surface area contributed by atoms with Crippen molar-refractivity contribution in [2.75, 3.05) is 13.2 Å². The molecule has 1 fully saturated rings. The minimum Gasteiger partial charge on any atom is -0.447 e. The lowest BCUT2D eigenvalue weighted by molar-refractivity contribution is -0.138. The van der Waals surface area contributed by atoms with Crippen molar-refractivity contribution < 1.29 is 19.4 Å². The number of nitrogens with zero attached hydrogens (tertiary/aromatic N) is 1. The first-order chi connectivity index (χ1) is 7.87. The van der Waals surface area contributed by atoms with Crippen molar-refractivity contribution in [2.45, 2.75) is 26.8 Å². The normalized spacial score (nSPS) is 23.5. The van der Waals surface area contributed by atoms with Gasteiger partial charge in [0, 0.05) is 0 Å². The van der Waals surface area contributed by atoms with Crippen molar-refractivity contribution in [1.82, 2.24) is 4.90 Å². The zero-order valence-electron chi connectivity index (χ0n) is 10.5. The summed E-state index contributed by atoms with van der Waals surface area (Å²) in [6.07, 6.45) is 0.716. The number of amides is 2. The third kappa shape index (κ3) is 2.34. The summed E-state index contributed by atoms with van der Waals surface area (Å²) in [6.45, 7) is 8.73. The molecule has 0 spiro atoms. The van der Waals surface area contributed by atoms with Gasteiger partial charge in [0.25, 0.3) is 0 Å². The van der Waals surface area contributed by atoms with Gasteiger partial charge in [0.1, 0.15) is 6.61 Å². The summed E-state index contributed by atoms with van der Waals surface area (Å²) in [5.74, 6) is -0.352. The van der Waals surface area contributed by atoms with Gasteiger partial charge in [-0.3, -0.25) is 4.79 Å². The van der Waals surface area contributed by atoms with Crippen molar-refractivity contribution in [2.24, 2.45) is 11.3 Å². The highest BCUT2D eigenvalue weighted by atomic mass is 16.6. The van der Waals surface area contributed by atoms with E-state index in [1.54, 1.807) is 6.92 Å². The van der Waals surface area contributed by atoms with E-state index >= 15 is 0 Å². The van der Waals surface area contributed by atoms with Crippen LogP contribution in [0, 0.1) is 11.3 Å². The second kappa shape index (κ2) is 4.87. The van der Waals surface area contributed by atoms with Crippen molar-refractivity contribution in [3.8, 4) is 0 Å². The standard InChI is InChI=1S/C12H19NO4/c1-5-12(4,7-14)10(15)13-9(8(2)3)6-17-11(13)16/h5,8-9,14H,1,6-7H2,2-4H3. The van der Waals surface area contributed by atoms with Crippen LogP contribution in [0.1, 0.15) is 20.8 Å². The van der Waals surface area contributed by atoms with Crippen molar-refractivity contribution in [3.63, 3.8) is 0 Å². The first kappa shape index (κ1) is 13.7. The predicted octanol–water partition coefficient (Wildman–Crippen LogP) is 1.17. The van der Waals surface area contributed by atoms with Gasteiger partial charge in [-0.05, 0) is 12.8 Å². The van der Waals surface area contributed by atoms with E-state index in [2.05, 4.69) is 6.58 Å². The molecule has 1 heterocycles. The molecule has 1 rings (SSSR count). The van der Waals surface area contributed by atoms with Gasteiger partial charge in [-0.1, -0.05) is 19.9 Å². The monoisotopic (exact) mass is 241 g/mol. The third-order valence-electron chi connectivity index (χ3n) is 3.16.